The minimum Gasteiger partial charge on any atom is -0.471 e. The van der Waals surface area contributed by atoms with Crippen molar-refractivity contribution in [3.8, 4) is 0 Å². The van der Waals surface area contributed by atoms with Crippen LogP contribution in [0.25, 0.3) is 0 Å². The van der Waals surface area contributed by atoms with Gasteiger partial charge < -0.3 is 42.6 Å². The van der Waals surface area contributed by atoms with Crippen LogP contribution in [-0.4, -0.2) is 92.1 Å². The maximum absolute atomic E-state index is 12.3. The second-order valence-corrected chi connectivity index (χ2v) is 9.72. The summed E-state index contributed by atoms with van der Waals surface area (Å²) in [6, 6.07) is 0. The highest BCUT2D eigenvalue weighted by Crippen LogP contribution is 2.49. The molecule has 15 heteroatoms. The monoisotopic (exact) mass is 582 g/mol. The smallest absolute Gasteiger partial charge is 0.338 e. The van der Waals surface area contributed by atoms with Gasteiger partial charge in [0.05, 0.1) is 17.8 Å². The molecule has 4 aliphatic rings. The van der Waals surface area contributed by atoms with Gasteiger partial charge in [0.15, 0.2) is 18.3 Å². The minimum atomic E-state index is -1.53. The van der Waals surface area contributed by atoms with E-state index in [2.05, 4.69) is 0 Å². The summed E-state index contributed by atoms with van der Waals surface area (Å²) >= 11 is 0. The lowest BCUT2D eigenvalue weighted by atomic mass is 9.84. The van der Waals surface area contributed by atoms with E-state index >= 15 is 0 Å². The highest BCUT2D eigenvalue weighted by molar-refractivity contribution is 5.92. The highest BCUT2D eigenvalue weighted by Gasteiger charge is 2.58. The second kappa shape index (κ2) is 12.3. The minimum absolute atomic E-state index is 0.139. The van der Waals surface area contributed by atoms with Gasteiger partial charge in [-0.1, -0.05) is 0 Å². The summed E-state index contributed by atoms with van der Waals surface area (Å²) in [4.78, 5) is 71.6. The van der Waals surface area contributed by atoms with Gasteiger partial charge >= 0.3 is 35.8 Å². The predicted octanol–water partition coefficient (Wildman–Crippen LogP) is -0.0128. The van der Waals surface area contributed by atoms with E-state index in [4.69, 9.17) is 42.6 Å². The molecule has 0 aromatic heterocycles. The topological polar surface area (TPSA) is 185 Å². The Morgan fingerprint density at radius 1 is 0.756 bits per heavy atom. The molecule has 2 fully saturated rings. The summed E-state index contributed by atoms with van der Waals surface area (Å²) in [5.41, 5.74) is 0.805. The van der Waals surface area contributed by atoms with E-state index in [-0.39, 0.29) is 12.2 Å². The van der Waals surface area contributed by atoms with Crippen LogP contribution in [-0.2, 0) is 71.4 Å². The average Bonchev–Trinajstić information content (AvgIpc) is 3.38. The molecule has 3 heterocycles. The van der Waals surface area contributed by atoms with Crippen LogP contribution < -0.4 is 0 Å². The Kier molecular flexibility index (Phi) is 8.97. The molecule has 4 rings (SSSR count). The molecular formula is C26H30O15. The number of esters is 6. The Balaban J connectivity index is 1.68. The van der Waals surface area contributed by atoms with Gasteiger partial charge in [-0.25, -0.2) is 4.79 Å². The fraction of sp³-hybridized carbons (Fsp3) is 0.615. The van der Waals surface area contributed by atoms with Crippen molar-refractivity contribution >= 4 is 35.8 Å². The van der Waals surface area contributed by atoms with Crippen LogP contribution in [0.15, 0.2) is 23.5 Å². The standard InChI is InChI=1S/C26H30O15/c1-10(27)33-7-15-6-17-20-16(24(32)39-17)8-35-25(19(15)20)41-26-23(38-14(5)31)22(37-13(4)30)21(36-12(3)29)18(40-26)9-34-11(2)28/h6,8,17-23,25-26H,7,9H2,1-5H3. The molecule has 2 saturated heterocycles. The van der Waals surface area contributed by atoms with E-state index < -0.39 is 97.4 Å². The van der Waals surface area contributed by atoms with Crippen molar-refractivity contribution in [3.63, 3.8) is 0 Å². The lowest BCUT2D eigenvalue weighted by Gasteiger charge is -2.45. The Hall–Kier alpha value is -3.98. The van der Waals surface area contributed by atoms with Crippen LogP contribution in [0.5, 0.6) is 0 Å². The zero-order valence-corrected chi connectivity index (χ0v) is 22.9. The Labute approximate surface area is 233 Å². The molecule has 0 spiro atoms. The van der Waals surface area contributed by atoms with E-state index in [9.17, 15) is 28.8 Å². The van der Waals surface area contributed by atoms with Crippen molar-refractivity contribution in [2.45, 2.75) is 77.7 Å². The van der Waals surface area contributed by atoms with Crippen LogP contribution in [0, 0.1) is 11.8 Å². The largest absolute Gasteiger partial charge is 0.471 e. The third-order valence-electron chi connectivity index (χ3n) is 6.67. The maximum atomic E-state index is 12.3. The Morgan fingerprint density at radius 2 is 1.37 bits per heavy atom. The molecule has 224 valence electrons. The molecule has 3 aliphatic heterocycles. The van der Waals surface area contributed by atoms with Crippen molar-refractivity contribution in [1.82, 2.24) is 0 Å². The quantitative estimate of drug-likeness (QED) is 0.201. The van der Waals surface area contributed by atoms with Crippen LogP contribution in [0.1, 0.15) is 34.6 Å². The van der Waals surface area contributed by atoms with Crippen molar-refractivity contribution in [1.29, 1.82) is 0 Å². The number of ether oxygens (including phenoxy) is 9. The molecule has 0 amide bonds. The van der Waals surface area contributed by atoms with Crippen LogP contribution in [0.2, 0.25) is 0 Å². The molecule has 0 bridgehead atoms. The second-order valence-electron chi connectivity index (χ2n) is 9.72. The van der Waals surface area contributed by atoms with Gasteiger partial charge in [0.1, 0.15) is 25.4 Å². The first kappa shape index (κ1) is 30.0. The number of carbonyl (C=O) groups excluding carboxylic acids is 6. The van der Waals surface area contributed by atoms with Gasteiger partial charge in [0.2, 0.25) is 12.6 Å². The fourth-order valence-electron chi connectivity index (χ4n) is 5.24. The summed E-state index contributed by atoms with van der Waals surface area (Å²) in [7, 11) is 0. The first-order valence-corrected chi connectivity index (χ1v) is 12.7. The zero-order chi connectivity index (χ0) is 30.0. The molecule has 0 radical (unpaired) electrons. The molecule has 0 saturated carbocycles. The summed E-state index contributed by atoms with van der Waals surface area (Å²) in [5.74, 6) is -5.39. The number of hydrogen-bond donors (Lipinski definition) is 0. The van der Waals surface area contributed by atoms with Crippen molar-refractivity contribution in [3.05, 3.63) is 23.5 Å². The first-order chi connectivity index (χ1) is 19.3. The maximum Gasteiger partial charge on any atom is 0.338 e. The molecule has 41 heavy (non-hydrogen) atoms. The molecular weight excluding hydrogens is 552 g/mol. The molecule has 0 aromatic carbocycles. The third-order valence-corrected chi connectivity index (χ3v) is 6.67. The lowest BCUT2D eigenvalue weighted by molar-refractivity contribution is -0.342. The van der Waals surface area contributed by atoms with Gasteiger partial charge in [-0.05, 0) is 11.6 Å². The molecule has 0 aromatic rings. The number of hydrogen-bond acceptors (Lipinski definition) is 15. The van der Waals surface area contributed by atoms with Gasteiger partial charge in [-0.2, -0.15) is 0 Å². The van der Waals surface area contributed by atoms with Crippen molar-refractivity contribution in [2.24, 2.45) is 11.8 Å². The van der Waals surface area contributed by atoms with E-state index in [0.717, 1.165) is 27.7 Å². The zero-order valence-electron chi connectivity index (χ0n) is 22.9. The van der Waals surface area contributed by atoms with Crippen molar-refractivity contribution in [2.75, 3.05) is 13.2 Å². The Morgan fingerprint density at radius 3 is 1.98 bits per heavy atom. The fourth-order valence-corrected chi connectivity index (χ4v) is 5.24. The van der Waals surface area contributed by atoms with Crippen molar-refractivity contribution < 1.29 is 71.4 Å². The number of carbonyl (C=O) groups is 6. The summed E-state index contributed by atoms with van der Waals surface area (Å²) < 4.78 is 49.8. The van der Waals surface area contributed by atoms with E-state index in [1.54, 1.807) is 6.08 Å². The molecule has 15 nitrogen and oxygen atoms in total. The van der Waals surface area contributed by atoms with Gasteiger partial charge in [0, 0.05) is 40.5 Å². The molecule has 0 N–H and O–H groups in total. The highest BCUT2D eigenvalue weighted by atomic mass is 16.8. The van der Waals surface area contributed by atoms with Gasteiger partial charge in [-0.15, -0.1) is 0 Å². The average molecular weight is 583 g/mol. The number of rotatable bonds is 9. The molecule has 9 unspecified atom stereocenters. The predicted molar refractivity (Wildman–Crippen MR) is 128 cm³/mol. The Bertz CT molecular complexity index is 1170. The normalized spacial score (nSPS) is 33.2. The van der Waals surface area contributed by atoms with E-state index in [1.807, 2.05) is 0 Å². The van der Waals surface area contributed by atoms with Crippen LogP contribution in [0.3, 0.4) is 0 Å². The summed E-state index contributed by atoms with van der Waals surface area (Å²) in [5, 5.41) is 0. The molecule has 9 atom stereocenters. The van der Waals surface area contributed by atoms with Crippen LogP contribution >= 0.6 is 0 Å². The van der Waals surface area contributed by atoms with Gasteiger partial charge in [0.25, 0.3) is 0 Å². The lowest BCUT2D eigenvalue weighted by Crippen LogP contribution is -2.63. The summed E-state index contributed by atoms with van der Waals surface area (Å²) in [6.07, 6.45) is -6.07. The molecule has 1 aliphatic carbocycles. The SMILES string of the molecule is CC(=O)OCC1=CC2OC(=O)C3=COC(OC4OC(COC(C)=O)C(OC(C)=O)C(OC(C)=O)C4OC(C)=O)C1C32. The van der Waals surface area contributed by atoms with E-state index in [1.165, 1.54) is 13.2 Å². The van der Waals surface area contributed by atoms with Gasteiger partial charge in [-0.3, -0.25) is 24.0 Å². The third kappa shape index (κ3) is 6.68. The first-order valence-electron chi connectivity index (χ1n) is 12.7. The van der Waals surface area contributed by atoms with Crippen LogP contribution in [0.4, 0.5) is 0 Å². The summed E-state index contributed by atoms with van der Waals surface area (Å²) in [6.45, 7) is 5.12. The van der Waals surface area contributed by atoms with E-state index in [0.29, 0.717) is 5.57 Å².